The quantitative estimate of drug-likeness (QED) is 0.865. The van der Waals surface area contributed by atoms with E-state index in [1.165, 1.54) is 0 Å². The molecule has 1 aromatic carbocycles. The highest BCUT2D eigenvalue weighted by atomic mass is 79.9. The Balaban J connectivity index is 2.26. The second-order valence-corrected chi connectivity index (χ2v) is 5.25. The number of methoxy groups -OCH3 is 2. The fraction of sp³-hybridized carbons (Fsp3) is 0.267. The van der Waals surface area contributed by atoms with Crippen LogP contribution in [-0.4, -0.2) is 19.2 Å². The topological polar surface area (TPSA) is 66.6 Å². The van der Waals surface area contributed by atoms with Crippen LogP contribution in [0.25, 0.3) is 0 Å². The molecule has 1 heterocycles. The maximum Gasteiger partial charge on any atom is 0.203 e. The maximum atomic E-state index is 5.84. The van der Waals surface area contributed by atoms with E-state index in [1.54, 1.807) is 26.6 Å². The highest BCUT2D eigenvalue weighted by Crippen LogP contribution is 2.39. The zero-order valence-electron chi connectivity index (χ0n) is 11.9. The number of pyridine rings is 1. The fourth-order valence-electron chi connectivity index (χ4n) is 1.88. The number of rotatable bonds is 6. The van der Waals surface area contributed by atoms with Gasteiger partial charge in [0.15, 0.2) is 11.5 Å². The van der Waals surface area contributed by atoms with Gasteiger partial charge < -0.3 is 19.9 Å². The molecule has 5 nitrogen and oxygen atoms in total. The molecule has 0 aliphatic rings. The molecule has 0 radical (unpaired) electrons. The van der Waals surface area contributed by atoms with Gasteiger partial charge in [-0.05, 0) is 39.7 Å². The molecular formula is C15H17BrN2O3. The highest BCUT2D eigenvalue weighted by molar-refractivity contribution is 9.10. The maximum absolute atomic E-state index is 5.84. The minimum Gasteiger partial charge on any atom is -0.493 e. The summed E-state index contributed by atoms with van der Waals surface area (Å²) < 4.78 is 17.5. The van der Waals surface area contributed by atoms with Gasteiger partial charge in [0.25, 0.3) is 0 Å². The van der Waals surface area contributed by atoms with E-state index >= 15 is 0 Å². The Kier molecular flexibility index (Phi) is 5.41. The first-order valence-corrected chi connectivity index (χ1v) is 7.14. The van der Waals surface area contributed by atoms with Crippen LogP contribution in [0.1, 0.15) is 11.1 Å². The zero-order valence-corrected chi connectivity index (χ0v) is 13.5. The molecule has 0 saturated carbocycles. The van der Waals surface area contributed by atoms with Crippen LogP contribution in [0.4, 0.5) is 0 Å². The lowest BCUT2D eigenvalue weighted by atomic mass is 10.2. The van der Waals surface area contributed by atoms with Crippen molar-refractivity contribution in [2.75, 3.05) is 14.2 Å². The van der Waals surface area contributed by atoms with Crippen LogP contribution in [0.2, 0.25) is 0 Å². The van der Waals surface area contributed by atoms with Gasteiger partial charge in [0.05, 0.1) is 14.2 Å². The zero-order chi connectivity index (χ0) is 15.2. The first kappa shape index (κ1) is 15.6. The molecule has 0 fully saturated rings. The molecule has 6 heteroatoms. The van der Waals surface area contributed by atoms with Gasteiger partial charge in [0.1, 0.15) is 6.61 Å². The number of nitrogens with two attached hydrogens (primary N) is 1. The van der Waals surface area contributed by atoms with Crippen LogP contribution in [-0.2, 0) is 13.2 Å². The Morgan fingerprint density at radius 1 is 1.05 bits per heavy atom. The standard InChI is InChI=1S/C15H17BrN2O3/c1-19-13-4-10(6-17)5-14(20-2)15(13)21-9-11-3-12(16)8-18-7-11/h3-5,7-8H,6,9,17H2,1-2H3. The lowest BCUT2D eigenvalue weighted by molar-refractivity contribution is 0.265. The Hall–Kier alpha value is -1.79. The molecule has 2 aromatic rings. The third-order valence-corrected chi connectivity index (χ3v) is 3.33. The normalized spacial score (nSPS) is 10.3. The van der Waals surface area contributed by atoms with Crippen molar-refractivity contribution in [2.24, 2.45) is 5.73 Å². The highest BCUT2D eigenvalue weighted by Gasteiger charge is 2.14. The average molecular weight is 353 g/mol. The average Bonchev–Trinajstić information content (AvgIpc) is 2.52. The number of ether oxygens (including phenoxy) is 3. The number of nitrogens with zero attached hydrogens (tertiary/aromatic N) is 1. The SMILES string of the molecule is COc1cc(CN)cc(OC)c1OCc1cncc(Br)c1. The third kappa shape index (κ3) is 3.86. The summed E-state index contributed by atoms with van der Waals surface area (Å²) in [5, 5.41) is 0. The minimum atomic E-state index is 0.362. The summed E-state index contributed by atoms with van der Waals surface area (Å²) in [6.07, 6.45) is 3.47. The summed E-state index contributed by atoms with van der Waals surface area (Å²) in [5.74, 6) is 1.74. The van der Waals surface area contributed by atoms with Crippen LogP contribution < -0.4 is 19.9 Å². The first-order valence-electron chi connectivity index (χ1n) is 6.35. The molecule has 21 heavy (non-hydrogen) atoms. The van der Waals surface area contributed by atoms with Gasteiger partial charge in [-0.3, -0.25) is 4.98 Å². The van der Waals surface area contributed by atoms with Gasteiger partial charge in [-0.1, -0.05) is 0 Å². The lowest BCUT2D eigenvalue weighted by Gasteiger charge is -2.15. The molecule has 1 aromatic heterocycles. The van der Waals surface area contributed by atoms with Crippen LogP contribution >= 0.6 is 15.9 Å². The number of hydrogen-bond donors (Lipinski definition) is 1. The molecule has 2 rings (SSSR count). The number of aromatic nitrogens is 1. The van der Waals surface area contributed by atoms with Crippen molar-refractivity contribution < 1.29 is 14.2 Å². The van der Waals surface area contributed by atoms with Crippen molar-refractivity contribution in [1.82, 2.24) is 4.98 Å². The Bertz CT molecular complexity index is 595. The summed E-state index contributed by atoms with van der Waals surface area (Å²) >= 11 is 3.38. The van der Waals surface area contributed by atoms with Crippen molar-refractivity contribution in [3.63, 3.8) is 0 Å². The number of hydrogen-bond acceptors (Lipinski definition) is 5. The second kappa shape index (κ2) is 7.28. The molecule has 0 atom stereocenters. The van der Waals surface area contributed by atoms with E-state index < -0.39 is 0 Å². The third-order valence-electron chi connectivity index (χ3n) is 2.90. The van der Waals surface area contributed by atoms with Gasteiger partial charge >= 0.3 is 0 Å². The summed E-state index contributed by atoms with van der Waals surface area (Å²) in [5.41, 5.74) is 7.52. The van der Waals surface area contributed by atoms with Crippen molar-refractivity contribution in [3.8, 4) is 17.2 Å². The fourth-order valence-corrected chi connectivity index (χ4v) is 2.30. The number of halogens is 1. The minimum absolute atomic E-state index is 0.362. The van der Waals surface area contributed by atoms with Gasteiger partial charge in [-0.15, -0.1) is 0 Å². The van der Waals surface area contributed by atoms with Gasteiger partial charge in [0.2, 0.25) is 5.75 Å². The summed E-state index contributed by atoms with van der Waals surface area (Å²) in [6, 6.07) is 5.63. The molecule has 0 aliphatic heterocycles. The Labute approximate surface area is 132 Å². The number of benzene rings is 1. The van der Waals surface area contributed by atoms with Crippen molar-refractivity contribution in [2.45, 2.75) is 13.2 Å². The van der Waals surface area contributed by atoms with E-state index in [1.807, 2.05) is 18.2 Å². The van der Waals surface area contributed by atoms with E-state index in [0.717, 1.165) is 15.6 Å². The van der Waals surface area contributed by atoms with Crippen LogP contribution in [0.3, 0.4) is 0 Å². The molecular weight excluding hydrogens is 336 g/mol. The van der Waals surface area contributed by atoms with E-state index in [-0.39, 0.29) is 0 Å². The van der Waals surface area contributed by atoms with Crippen molar-refractivity contribution in [3.05, 3.63) is 46.2 Å². The predicted molar refractivity (Wildman–Crippen MR) is 83.7 cm³/mol. The summed E-state index contributed by atoms with van der Waals surface area (Å²) in [4.78, 5) is 4.10. The van der Waals surface area contributed by atoms with E-state index in [4.69, 9.17) is 19.9 Å². The van der Waals surface area contributed by atoms with E-state index in [9.17, 15) is 0 Å². The molecule has 2 N–H and O–H groups in total. The van der Waals surface area contributed by atoms with E-state index in [2.05, 4.69) is 20.9 Å². The molecule has 0 spiro atoms. The predicted octanol–water partition coefficient (Wildman–Crippen LogP) is 2.90. The molecule has 0 unspecified atom stereocenters. The van der Waals surface area contributed by atoms with Crippen LogP contribution in [0.15, 0.2) is 35.1 Å². The van der Waals surface area contributed by atoms with E-state index in [0.29, 0.717) is 30.4 Å². The van der Waals surface area contributed by atoms with Crippen molar-refractivity contribution in [1.29, 1.82) is 0 Å². The van der Waals surface area contributed by atoms with Gasteiger partial charge in [-0.25, -0.2) is 0 Å². The first-order chi connectivity index (χ1) is 10.2. The summed E-state index contributed by atoms with van der Waals surface area (Å²) in [6.45, 7) is 0.768. The van der Waals surface area contributed by atoms with Gasteiger partial charge in [-0.2, -0.15) is 0 Å². The molecule has 0 aliphatic carbocycles. The van der Waals surface area contributed by atoms with Gasteiger partial charge in [0, 0.05) is 29.0 Å². The van der Waals surface area contributed by atoms with Crippen LogP contribution in [0, 0.1) is 0 Å². The Morgan fingerprint density at radius 3 is 2.24 bits per heavy atom. The molecule has 0 amide bonds. The molecule has 0 bridgehead atoms. The van der Waals surface area contributed by atoms with Crippen molar-refractivity contribution >= 4 is 15.9 Å². The lowest BCUT2D eigenvalue weighted by Crippen LogP contribution is -2.03. The molecule has 0 saturated heterocycles. The largest absolute Gasteiger partial charge is 0.493 e. The smallest absolute Gasteiger partial charge is 0.203 e. The monoisotopic (exact) mass is 352 g/mol. The van der Waals surface area contributed by atoms with Crippen LogP contribution in [0.5, 0.6) is 17.2 Å². The molecule has 112 valence electrons. The Morgan fingerprint density at radius 2 is 1.71 bits per heavy atom. The second-order valence-electron chi connectivity index (χ2n) is 4.33. The summed E-state index contributed by atoms with van der Waals surface area (Å²) in [7, 11) is 3.17.